The Kier molecular flexibility index (Phi) is 5.82. The lowest BCUT2D eigenvalue weighted by Crippen LogP contribution is -2.14. The number of para-hydroxylation sites is 1. The molecule has 3 nitrogen and oxygen atoms in total. The maximum absolute atomic E-state index is 5.90. The van der Waals surface area contributed by atoms with E-state index in [2.05, 4.69) is 39.2 Å². The van der Waals surface area contributed by atoms with Crippen molar-refractivity contribution in [3.63, 3.8) is 0 Å². The molecule has 2 aromatic rings. The monoisotopic (exact) mass is 340 g/mol. The van der Waals surface area contributed by atoms with Gasteiger partial charge in [0.05, 0.1) is 4.47 Å². The molecule has 0 aliphatic carbocycles. The number of hydrogen-bond donors (Lipinski definition) is 1. The van der Waals surface area contributed by atoms with Crippen LogP contribution in [0.5, 0.6) is 5.75 Å². The Labute approximate surface area is 126 Å². The van der Waals surface area contributed by atoms with Crippen molar-refractivity contribution >= 4 is 27.3 Å². The maximum Gasteiger partial charge on any atom is 0.140 e. The number of ether oxygens (including phenoxy) is 1. The van der Waals surface area contributed by atoms with E-state index in [1.54, 1.807) is 17.5 Å². The summed E-state index contributed by atoms with van der Waals surface area (Å²) < 4.78 is 6.89. The van der Waals surface area contributed by atoms with Gasteiger partial charge in [0, 0.05) is 23.7 Å². The first-order valence-electron chi connectivity index (χ1n) is 6.30. The minimum atomic E-state index is 0.515. The lowest BCUT2D eigenvalue weighted by molar-refractivity contribution is 0.299. The second-order valence-electron chi connectivity index (χ2n) is 4.12. The predicted octanol–water partition coefficient (Wildman–Crippen LogP) is 3.98. The summed E-state index contributed by atoms with van der Waals surface area (Å²) in [6, 6.07) is 6.12. The highest BCUT2D eigenvalue weighted by molar-refractivity contribution is 9.10. The average molecular weight is 341 g/mol. The van der Waals surface area contributed by atoms with Crippen molar-refractivity contribution in [1.29, 1.82) is 0 Å². The number of benzene rings is 1. The van der Waals surface area contributed by atoms with Crippen molar-refractivity contribution in [3.05, 3.63) is 44.8 Å². The van der Waals surface area contributed by atoms with Gasteiger partial charge in [-0.3, -0.25) is 0 Å². The fraction of sp³-hybridized carbons (Fsp3) is 0.357. The van der Waals surface area contributed by atoms with Gasteiger partial charge in [-0.15, -0.1) is 11.3 Å². The van der Waals surface area contributed by atoms with Gasteiger partial charge in [0.15, 0.2) is 0 Å². The molecule has 2 rings (SSSR count). The molecule has 0 unspecified atom stereocenters. The Balaban J connectivity index is 2.04. The van der Waals surface area contributed by atoms with E-state index in [1.807, 2.05) is 17.5 Å². The molecule has 1 aromatic heterocycles. The van der Waals surface area contributed by atoms with Crippen molar-refractivity contribution in [2.24, 2.45) is 0 Å². The van der Waals surface area contributed by atoms with Crippen LogP contribution in [0.25, 0.3) is 0 Å². The summed E-state index contributed by atoms with van der Waals surface area (Å²) in [6.45, 7) is 4.51. The van der Waals surface area contributed by atoms with Gasteiger partial charge in [-0.1, -0.05) is 19.1 Å². The van der Waals surface area contributed by atoms with Gasteiger partial charge in [-0.2, -0.15) is 0 Å². The van der Waals surface area contributed by atoms with Crippen molar-refractivity contribution in [2.75, 3.05) is 6.54 Å². The van der Waals surface area contributed by atoms with Crippen molar-refractivity contribution < 1.29 is 4.74 Å². The molecule has 0 spiro atoms. The molecule has 0 saturated heterocycles. The van der Waals surface area contributed by atoms with Crippen LogP contribution in [-0.2, 0) is 13.2 Å². The summed E-state index contributed by atoms with van der Waals surface area (Å²) in [7, 11) is 0. The summed E-state index contributed by atoms with van der Waals surface area (Å²) in [5.74, 6) is 0.904. The van der Waals surface area contributed by atoms with Crippen molar-refractivity contribution in [2.45, 2.75) is 26.5 Å². The lowest BCUT2D eigenvalue weighted by Gasteiger charge is -2.13. The lowest BCUT2D eigenvalue weighted by atomic mass is 10.2. The third-order valence-corrected chi connectivity index (χ3v) is 3.99. The van der Waals surface area contributed by atoms with Gasteiger partial charge >= 0.3 is 0 Å². The predicted molar refractivity (Wildman–Crippen MR) is 82.6 cm³/mol. The van der Waals surface area contributed by atoms with Gasteiger partial charge in [0.25, 0.3) is 0 Å². The first-order chi connectivity index (χ1) is 9.31. The first kappa shape index (κ1) is 14.5. The Bertz CT molecular complexity index is 502. The second kappa shape index (κ2) is 7.62. The van der Waals surface area contributed by atoms with Crippen LogP contribution in [0.3, 0.4) is 0 Å². The smallest absolute Gasteiger partial charge is 0.140 e. The van der Waals surface area contributed by atoms with E-state index in [9.17, 15) is 0 Å². The number of rotatable bonds is 7. The first-order valence-corrected chi connectivity index (χ1v) is 7.97. The zero-order valence-electron chi connectivity index (χ0n) is 10.9. The second-order valence-corrected chi connectivity index (χ2v) is 5.95. The van der Waals surface area contributed by atoms with E-state index in [-0.39, 0.29) is 0 Å². The van der Waals surface area contributed by atoms with E-state index < -0.39 is 0 Å². The van der Waals surface area contributed by atoms with Crippen molar-refractivity contribution in [1.82, 2.24) is 10.3 Å². The van der Waals surface area contributed by atoms with Crippen LogP contribution in [0.15, 0.2) is 34.2 Å². The Morgan fingerprint density at radius 1 is 1.42 bits per heavy atom. The zero-order valence-corrected chi connectivity index (χ0v) is 13.3. The number of aromatic nitrogens is 1. The molecule has 0 fully saturated rings. The molecule has 1 aromatic carbocycles. The van der Waals surface area contributed by atoms with Crippen molar-refractivity contribution in [3.8, 4) is 5.75 Å². The fourth-order valence-electron chi connectivity index (χ4n) is 1.71. The number of hydrogen-bond acceptors (Lipinski definition) is 4. The van der Waals surface area contributed by atoms with Crippen LogP contribution in [-0.4, -0.2) is 11.5 Å². The minimum Gasteiger partial charge on any atom is -0.485 e. The van der Waals surface area contributed by atoms with Gasteiger partial charge < -0.3 is 10.1 Å². The SMILES string of the molecule is CCCNCc1cccc(Br)c1OCc1nccs1. The molecule has 0 radical (unpaired) electrons. The molecule has 0 aliphatic rings. The summed E-state index contributed by atoms with van der Waals surface area (Å²) in [6.07, 6.45) is 2.93. The minimum absolute atomic E-state index is 0.515. The van der Waals surface area contributed by atoms with Crippen LogP contribution in [0.2, 0.25) is 0 Å². The van der Waals surface area contributed by atoms with E-state index in [0.29, 0.717) is 6.61 Å². The average Bonchev–Trinajstić information content (AvgIpc) is 2.91. The third-order valence-electron chi connectivity index (χ3n) is 2.61. The molecule has 102 valence electrons. The number of nitrogens with zero attached hydrogens (tertiary/aromatic N) is 1. The normalized spacial score (nSPS) is 10.6. The number of nitrogens with one attached hydrogen (secondary N) is 1. The number of halogens is 1. The molecule has 1 N–H and O–H groups in total. The molecule has 19 heavy (non-hydrogen) atoms. The van der Waals surface area contributed by atoms with E-state index in [1.165, 1.54) is 5.56 Å². The fourth-order valence-corrected chi connectivity index (χ4v) is 2.76. The maximum atomic E-state index is 5.90. The topological polar surface area (TPSA) is 34.1 Å². The molecule has 0 amide bonds. The van der Waals surface area contributed by atoms with Gasteiger partial charge in [0.2, 0.25) is 0 Å². The molecule has 0 saturated carbocycles. The van der Waals surface area contributed by atoms with Crippen LogP contribution >= 0.6 is 27.3 Å². The van der Waals surface area contributed by atoms with E-state index >= 15 is 0 Å². The van der Waals surface area contributed by atoms with E-state index in [0.717, 1.165) is 34.7 Å². The molecule has 0 aliphatic heterocycles. The molecule has 1 heterocycles. The van der Waals surface area contributed by atoms with Crippen LogP contribution in [0, 0.1) is 0 Å². The quantitative estimate of drug-likeness (QED) is 0.774. The summed E-state index contributed by atoms with van der Waals surface area (Å²) in [5, 5.41) is 6.35. The Hall–Kier alpha value is -0.910. The molecule has 0 atom stereocenters. The van der Waals surface area contributed by atoms with Crippen LogP contribution in [0.4, 0.5) is 0 Å². The Morgan fingerprint density at radius 3 is 3.05 bits per heavy atom. The highest BCUT2D eigenvalue weighted by Crippen LogP contribution is 2.30. The van der Waals surface area contributed by atoms with Gasteiger partial charge in [0.1, 0.15) is 17.4 Å². The molecule has 5 heteroatoms. The molecular formula is C14H17BrN2OS. The van der Waals surface area contributed by atoms with E-state index in [4.69, 9.17) is 4.74 Å². The highest BCUT2D eigenvalue weighted by atomic mass is 79.9. The third kappa shape index (κ3) is 4.30. The highest BCUT2D eigenvalue weighted by Gasteiger charge is 2.08. The summed E-state index contributed by atoms with van der Waals surface area (Å²) in [5.41, 5.74) is 1.17. The summed E-state index contributed by atoms with van der Waals surface area (Å²) >= 11 is 5.16. The number of thiazole rings is 1. The van der Waals surface area contributed by atoms with Gasteiger partial charge in [-0.25, -0.2) is 4.98 Å². The largest absolute Gasteiger partial charge is 0.485 e. The zero-order chi connectivity index (χ0) is 13.5. The summed E-state index contributed by atoms with van der Waals surface area (Å²) in [4.78, 5) is 4.23. The molecule has 0 bridgehead atoms. The molecular weight excluding hydrogens is 324 g/mol. The van der Waals surface area contributed by atoms with Crippen LogP contribution < -0.4 is 10.1 Å². The standard InChI is InChI=1S/C14H17BrN2OS/c1-2-6-16-9-11-4-3-5-12(15)14(11)18-10-13-17-7-8-19-13/h3-5,7-8,16H,2,6,9-10H2,1H3. The Morgan fingerprint density at radius 2 is 2.32 bits per heavy atom. The van der Waals surface area contributed by atoms with Crippen LogP contribution in [0.1, 0.15) is 23.9 Å². The van der Waals surface area contributed by atoms with Gasteiger partial charge in [-0.05, 0) is 35.0 Å².